The normalized spacial score (nSPS) is 10.2. The predicted molar refractivity (Wildman–Crippen MR) is 94.2 cm³/mol. The van der Waals surface area contributed by atoms with Gasteiger partial charge < -0.3 is 19.5 Å². The summed E-state index contributed by atoms with van der Waals surface area (Å²) in [4.78, 5) is 23.6. The SMILES string of the molecule is COCCOC(=O)COc1ccc(C(=O)Nc2ccccc2Cl)cc1. The van der Waals surface area contributed by atoms with Crippen molar-refractivity contribution in [2.75, 3.05) is 32.2 Å². The molecule has 25 heavy (non-hydrogen) atoms. The van der Waals surface area contributed by atoms with Crippen LogP contribution in [0.1, 0.15) is 10.4 Å². The number of anilines is 1. The van der Waals surface area contributed by atoms with E-state index in [-0.39, 0.29) is 19.1 Å². The Labute approximate surface area is 150 Å². The van der Waals surface area contributed by atoms with Gasteiger partial charge >= 0.3 is 5.97 Å². The van der Waals surface area contributed by atoms with Crippen molar-refractivity contribution in [3.63, 3.8) is 0 Å². The first-order valence-corrected chi connectivity index (χ1v) is 7.91. The van der Waals surface area contributed by atoms with Crippen molar-refractivity contribution in [1.82, 2.24) is 0 Å². The van der Waals surface area contributed by atoms with Crippen LogP contribution < -0.4 is 10.1 Å². The molecule has 0 aliphatic rings. The van der Waals surface area contributed by atoms with Gasteiger partial charge in [-0.1, -0.05) is 23.7 Å². The lowest BCUT2D eigenvalue weighted by Gasteiger charge is -2.09. The first-order valence-electron chi connectivity index (χ1n) is 7.53. The number of carbonyl (C=O) groups excluding carboxylic acids is 2. The van der Waals surface area contributed by atoms with Gasteiger partial charge in [0, 0.05) is 12.7 Å². The van der Waals surface area contributed by atoms with Crippen molar-refractivity contribution in [3.8, 4) is 5.75 Å². The molecule has 132 valence electrons. The Morgan fingerprint density at radius 2 is 1.76 bits per heavy atom. The molecule has 0 aromatic heterocycles. The second-order valence-corrected chi connectivity index (χ2v) is 5.37. The van der Waals surface area contributed by atoms with Crippen LogP contribution in [-0.2, 0) is 14.3 Å². The summed E-state index contributed by atoms with van der Waals surface area (Å²) in [5.74, 6) is -0.325. The first kappa shape index (κ1) is 18.8. The van der Waals surface area contributed by atoms with Gasteiger partial charge in [-0.15, -0.1) is 0 Å². The summed E-state index contributed by atoms with van der Waals surface area (Å²) in [5, 5.41) is 3.19. The highest BCUT2D eigenvalue weighted by molar-refractivity contribution is 6.33. The maximum atomic E-state index is 12.2. The second kappa shape index (κ2) is 9.66. The Kier molecular flexibility index (Phi) is 7.25. The lowest BCUT2D eigenvalue weighted by molar-refractivity contribution is -0.147. The minimum absolute atomic E-state index is 0.180. The van der Waals surface area contributed by atoms with Crippen molar-refractivity contribution in [2.45, 2.75) is 0 Å². The van der Waals surface area contributed by atoms with Crippen molar-refractivity contribution < 1.29 is 23.8 Å². The zero-order chi connectivity index (χ0) is 18.1. The zero-order valence-corrected chi connectivity index (χ0v) is 14.4. The number of esters is 1. The maximum absolute atomic E-state index is 12.2. The summed E-state index contributed by atoms with van der Waals surface area (Å²) in [7, 11) is 1.52. The molecule has 0 saturated carbocycles. The molecule has 1 amide bonds. The van der Waals surface area contributed by atoms with Gasteiger partial charge in [0.25, 0.3) is 5.91 Å². The number of benzene rings is 2. The molecule has 0 saturated heterocycles. The number of amides is 1. The molecule has 0 unspecified atom stereocenters. The van der Waals surface area contributed by atoms with E-state index in [1.807, 2.05) is 0 Å². The fourth-order valence-electron chi connectivity index (χ4n) is 1.88. The van der Waals surface area contributed by atoms with Gasteiger partial charge in [0.05, 0.1) is 17.3 Å². The van der Waals surface area contributed by atoms with E-state index in [0.29, 0.717) is 28.6 Å². The van der Waals surface area contributed by atoms with Crippen LogP contribution in [0.3, 0.4) is 0 Å². The van der Waals surface area contributed by atoms with Gasteiger partial charge in [-0.25, -0.2) is 4.79 Å². The highest BCUT2D eigenvalue weighted by Gasteiger charge is 2.09. The van der Waals surface area contributed by atoms with Gasteiger partial charge in [0.2, 0.25) is 0 Å². The molecule has 0 spiro atoms. The summed E-state index contributed by atoms with van der Waals surface area (Å²) >= 11 is 6.01. The molecule has 0 radical (unpaired) electrons. The summed E-state index contributed by atoms with van der Waals surface area (Å²) < 4.78 is 15.0. The highest BCUT2D eigenvalue weighted by Crippen LogP contribution is 2.21. The van der Waals surface area contributed by atoms with Crippen molar-refractivity contribution >= 4 is 29.2 Å². The minimum Gasteiger partial charge on any atom is -0.482 e. The Morgan fingerprint density at radius 3 is 2.44 bits per heavy atom. The zero-order valence-electron chi connectivity index (χ0n) is 13.7. The van der Waals surface area contributed by atoms with E-state index in [9.17, 15) is 9.59 Å². The fraction of sp³-hybridized carbons (Fsp3) is 0.222. The van der Waals surface area contributed by atoms with Crippen LogP contribution in [0.4, 0.5) is 5.69 Å². The van der Waals surface area contributed by atoms with E-state index in [1.165, 1.54) is 7.11 Å². The summed E-state index contributed by atoms with van der Waals surface area (Å²) in [6, 6.07) is 13.4. The Morgan fingerprint density at radius 1 is 1.04 bits per heavy atom. The molecule has 0 aliphatic heterocycles. The standard InChI is InChI=1S/C18H18ClNO5/c1-23-10-11-24-17(21)12-25-14-8-6-13(7-9-14)18(22)20-16-5-3-2-4-15(16)19/h2-9H,10-12H2,1H3,(H,20,22). The van der Waals surface area contributed by atoms with E-state index in [1.54, 1.807) is 48.5 Å². The molecule has 2 rings (SSSR count). The number of hydrogen-bond acceptors (Lipinski definition) is 5. The molecule has 2 aromatic rings. The van der Waals surface area contributed by atoms with E-state index in [2.05, 4.69) is 5.32 Å². The lowest BCUT2D eigenvalue weighted by Crippen LogP contribution is -2.17. The van der Waals surface area contributed by atoms with E-state index >= 15 is 0 Å². The maximum Gasteiger partial charge on any atom is 0.344 e. The van der Waals surface area contributed by atoms with Gasteiger partial charge in [0.1, 0.15) is 12.4 Å². The minimum atomic E-state index is -0.488. The van der Waals surface area contributed by atoms with E-state index in [4.69, 9.17) is 25.8 Å². The van der Waals surface area contributed by atoms with Crippen molar-refractivity contribution in [2.24, 2.45) is 0 Å². The topological polar surface area (TPSA) is 73.9 Å². The quantitative estimate of drug-likeness (QED) is 0.576. The summed E-state index contributed by atoms with van der Waals surface area (Å²) in [6.07, 6.45) is 0. The molecule has 0 heterocycles. The average Bonchev–Trinajstić information content (AvgIpc) is 2.62. The molecule has 0 aliphatic carbocycles. The molecule has 0 fully saturated rings. The van der Waals surface area contributed by atoms with E-state index < -0.39 is 5.97 Å². The monoisotopic (exact) mass is 363 g/mol. The van der Waals surface area contributed by atoms with Crippen molar-refractivity contribution in [1.29, 1.82) is 0 Å². The lowest BCUT2D eigenvalue weighted by atomic mass is 10.2. The van der Waals surface area contributed by atoms with Gasteiger partial charge in [-0.05, 0) is 36.4 Å². The second-order valence-electron chi connectivity index (χ2n) is 4.96. The van der Waals surface area contributed by atoms with E-state index in [0.717, 1.165) is 0 Å². The number of hydrogen-bond donors (Lipinski definition) is 1. The fourth-order valence-corrected chi connectivity index (χ4v) is 2.07. The molecule has 6 nitrogen and oxygen atoms in total. The highest BCUT2D eigenvalue weighted by atomic mass is 35.5. The number of halogens is 1. The van der Waals surface area contributed by atoms with Crippen LogP contribution in [0, 0.1) is 0 Å². The number of ether oxygens (including phenoxy) is 3. The van der Waals surface area contributed by atoms with Crippen LogP contribution in [0.5, 0.6) is 5.75 Å². The Hall–Kier alpha value is -2.57. The average molecular weight is 364 g/mol. The third-order valence-electron chi connectivity index (χ3n) is 3.15. The molecule has 2 aromatic carbocycles. The summed E-state index contributed by atoms with van der Waals surface area (Å²) in [5.41, 5.74) is 0.975. The molecule has 1 N–H and O–H groups in total. The number of para-hydroxylation sites is 1. The molecule has 0 bridgehead atoms. The van der Waals surface area contributed by atoms with Crippen LogP contribution in [-0.4, -0.2) is 38.8 Å². The molecular weight excluding hydrogens is 346 g/mol. The molecule has 0 atom stereocenters. The van der Waals surface area contributed by atoms with Crippen molar-refractivity contribution in [3.05, 3.63) is 59.1 Å². The third kappa shape index (κ3) is 6.10. The number of methoxy groups -OCH3 is 1. The van der Waals surface area contributed by atoms with Crippen LogP contribution in [0.15, 0.2) is 48.5 Å². The molecular formula is C18H18ClNO5. The molecule has 7 heteroatoms. The third-order valence-corrected chi connectivity index (χ3v) is 3.48. The first-order chi connectivity index (χ1) is 12.1. The Bertz CT molecular complexity index is 718. The van der Waals surface area contributed by atoms with Gasteiger partial charge in [-0.2, -0.15) is 0 Å². The van der Waals surface area contributed by atoms with Crippen LogP contribution >= 0.6 is 11.6 Å². The number of rotatable bonds is 8. The number of carbonyl (C=O) groups is 2. The predicted octanol–water partition coefficient (Wildman–Crippen LogP) is 3.16. The van der Waals surface area contributed by atoms with Gasteiger partial charge in [-0.3, -0.25) is 4.79 Å². The largest absolute Gasteiger partial charge is 0.482 e. The van der Waals surface area contributed by atoms with Gasteiger partial charge in [0.15, 0.2) is 6.61 Å². The van der Waals surface area contributed by atoms with Crippen LogP contribution in [0.2, 0.25) is 5.02 Å². The smallest absolute Gasteiger partial charge is 0.344 e. The number of nitrogens with one attached hydrogen (secondary N) is 1. The summed E-state index contributed by atoms with van der Waals surface area (Å²) in [6.45, 7) is 0.301. The Balaban J connectivity index is 1.86. The van der Waals surface area contributed by atoms with Crippen LogP contribution in [0.25, 0.3) is 0 Å².